The van der Waals surface area contributed by atoms with Crippen LogP contribution in [0.25, 0.3) is 0 Å². The maximum Gasteiger partial charge on any atom is 0.0671 e. The minimum Gasteiger partial charge on any atom is -0.384 e. The minimum absolute atomic E-state index is 0.0517. The lowest BCUT2D eigenvalue weighted by Gasteiger charge is -2.09. The van der Waals surface area contributed by atoms with Crippen LogP contribution < -0.4 is 5.32 Å². The summed E-state index contributed by atoms with van der Waals surface area (Å²) in [7, 11) is 0. The summed E-state index contributed by atoms with van der Waals surface area (Å²) in [6.07, 6.45) is 0. The van der Waals surface area contributed by atoms with Crippen molar-refractivity contribution in [1.29, 1.82) is 5.26 Å². The van der Waals surface area contributed by atoms with E-state index in [4.69, 9.17) is 5.26 Å². The van der Waals surface area contributed by atoms with Crippen molar-refractivity contribution >= 4 is 5.69 Å². The van der Waals surface area contributed by atoms with Crippen LogP contribution in [0.3, 0.4) is 0 Å². The Hall–Kier alpha value is -1.49. The average Bonchev–Trinajstić information content (AvgIpc) is 2.12. The summed E-state index contributed by atoms with van der Waals surface area (Å²) in [4.78, 5) is 0. The molecule has 0 aliphatic rings. The molecule has 0 aromatic heterocycles. The topological polar surface area (TPSA) is 35.8 Å². The summed E-state index contributed by atoms with van der Waals surface area (Å²) in [6.45, 7) is 6.77. The number of nitrogens with one attached hydrogen (secondary N) is 1. The fraction of sp³-hybridized carbons (Fsp3) is 0.417. The Morgan fingerprint density at radius 3 is 2.36 bits per heavy atom. The molecule has 0 aliphatic heterocycles. The second-order valence-electron chi connectivity index (χ2n) is 3.79. The molecule has 0 heterocycles. The van der Waals surface area contributed by atoms with Gasteiger partial charge in [0.15, 0.2) is 0 Å². The molecular formula is C12H16N2. The van der Waals surface area contributed by atoms with Gasteiger partial charge in [-0.3, -0.25) is 0 Å². The van der Waals surface area contributed by atoms with Crippen molar-refractivity contribution in [2.24, 2.45) is 5.92 Å². The van der Waals surface area contributed by atoms with Crippen LogP contribution in [0.15, 0.2) is 18.2 Å². The normalized spacial score (nSPS) is 11.9. The van der Waals surface area contributed by atoms with Gasteiger partial charge in [-0.25, -0.2) is 0 Å². The molecule has 74 valence electrons. The van der Waals surface area contributed by atoms with Crippen LogP contribution >= 0.6 is 0 Å². The number of benzene rings is 1. The first-order chi connectivity index (χ1) is 6.61. The van der Waals surface area contributed by atoms with Crippen LogP contribution in [-0.4, -0.2) is 6.54 Å². The highest BCUT2D eigenvalue weighted by Gasteiger charge is 1.99. The van der Waals surface area contributed by atoms with E-state index in [2.05, 4.69) is 43.4 Å². The molecule has 1 rings (SSSR count). The molecule has 0 spiro atoms. The van der Waals surface area contributed by atoms with E-state index in [-0.39, 0.29) is 5.92 Å². The van der Waals surface area contributed by atoms with Gasteiger partial charge in [0.2, 0.25) is 0 Å². The largest absolute Gasteiger partial charge is 0.384 e. The zero-order valence-electron chi connectivity index (χ0n) is 8.96. The van der Waals surface area contributed by atoms with Crippen molar-refractivity contribution in [3.63, 3.8) is 0 Å². The summed E-state index contributed by atoms with van der Waals surface area (Å²) < 4.78 is 0. The Balaban J connectivity index is 2.64. The molecule has 0 saturated carbocycles. The number of aryl methyl sites for hydroxylation is 2. The third kappa shape index (κ3) is 3.10. The molecule has 0 fully saturated rings. The number of rotatable bonds is 3. The van der Waals surface area contributed by atoms with E-state index in [1.54, 1.807) is 0 Å². The van der Waals surface area contributed by atoms with Crippen LogP contribution in [0.5, 0.6) is 0 Å². The number of hydrogen-bond donors (Lipinski definition) is 1. The van der Waals surface area contributed by atoms with E-state index >= 15 is 0 Å². The molecule has 1 aromatic rings. The molecule has 0 saturated heterocycles. The van der Waals surface area contributed by atoms with Crippen molar-refractivity contribution in [2.45, 2.75) is 20.8 Å². The quantitative estimate of drug-likeness (QED) is 0.791. The van der Waals surface area contributed by atoms with E-state index in [9.17, 15) is 0 Å². The Morgan fingerprint density at radius 1 is 1.29 bits per heavy atom. The number of hydrogen-bond acceptors (Lipinski definition) is 2. The highest BCUT2D eigenvalue weighted by Crippen LogP contribution is 2.13. The maximum absolute atomic E-state index is 8.63. The highest BCUT2D eigenvalue weighted by molar-refractivity contribution is 5.48. The van der Waals surface area contributed by atoms with Crippen LogP contribution in [-0.2, 0) is 0 Å². The van der Waals surface area contributed by atoms with E-state index in [0.29, 0.717) is 6.54 Å². The van der Waals surface area contributed by atoms with Gasteiger partial charge in [-0.1, -0.05) is 6.07 Å². The van der Waals surface area contributed by atoms with Gasteiger partial charge in [-0.05, 0) is 44.0 Å². The van der Waals surface area contributed by atoms with Gasteiger partial charge < -0.3 is 5.32 Å². The molecule has 2 nitrogen and oxygen atoms in total. The fourth-order valence-electron chi connectivity index (χ4n) is 1.39. The summed E-state index contributed by atoms with van der Waals surface area (Å²) in [5.74, 6) is 0.0517. The highest BCUT2D eigenvalue weighted by atomic mass is 14.9. The number of anilines is 1. The summed E-state index contributed by atoms with van der Waals surface area (Å²) in [5.41, 5.74) is 3.60. The Labute approximate surface area is 85.6 Å². The molecule has 0 aliphatic carbocycles. The molecule has 1 N–H and O–H groups in total. The molecule has 0 radical (unpaired) electrons. The lowest BCUT2D eigenvalue weighted by atomic mass is 10.1. The third-order valence-corrected chi connectivity index (χ3v) is 2.05. The lowest BCUT2D eigenvalue weighted by Crippen LogP contribution is -2.09. The van der Waals surface area contributed by atoms with Gasteiger partial charge in [-0.2, -0.15) is 5.26 Å². The zero-order valence-corrected chi connectivity index (χ0v) is 8.96. The van der Waals surface area contributed by atoms with Crippen molar-refractivity contribution in [3.05, 3.63) is 29.3 Å². The smallest absolute Gasteiger partial charge is 0.0671 e. The van der Waals surface area contributed by atoms with E-state index in [1.807, 2.05) is 6.92 Å². The minimum atomic E-state index is 0.0517. The second kappa shape index (κ2) is 4.66. The van der Waals surface area contributed by atoms with Crippen LogP contribution in [0.4, 0.5) is 5.69 Å². The predicted octanol–water partition coefficient (Wildman–Crippen LogP) is 2.88. The molecule has 0 bridgehead atoms. The first-order valence-corrected chi connectivity index (χ1v) is 4.83. The van der Waals surface area contributed by atoms with Crippen LogP contribution in [0.1, 0.15) is 18.1 Å². The Morgan fingerprint density at radius 2 is 1.86 bits per heavy atom. The standard InChI is InChI=1S/C12H16N2/c1-9-4-10(2)6-12(5-9)14-8-11(3)7-13/h4-6,11,14H,8H2,1-3H3. The van der Waals surface area contributed by atoms with Gasteiger partial charge >= 0.3 is 0 Å². The summed E-state index contributed by atoms with van der Waals surface area (Å²) >= 11 is 0. The van der Waals surface area contributed by atoms with Crippen LogP contribution in [0.2, 0.25) is 0 Å². The summed E-state index contributed by atoms with van der Waals surface area (Å²) in [5, 5.41) is 11.9. The number of nitriles is 1. The average molecular weight is 188 g/mol. The number of nitrogens with zero attached hydrogens (tertiary/aromatic N) is 1. The van der Waals surface area contributed by atoms with Gasteiger partial charge in [0, 0.05) is 12.2 Å². The molecule has 14 heavy (non-hydrogen) atoms. The second-order valence-corrected chi connectivity index (χ2v) is 3.79. The van der Waals surface area contributed by atoms with Crippen LogP contribution in [0, 0.1) is 31.1 Å². The van der Waals surface area contributed by atoms with Gasteiger partial charge in [0.1, 0.15) is 0 Å². The van der Waals surface area contributed by atoms with Crippen molar-refractivity contribution in [2.75, 3.05) is 11.9 Å². The predicted molar refractivity (Wildman–Crippen MR) is 59.2 cm³/mol. The van der Waals surface area contributed by atoms with E-state index < -0.39 is 0 Å². The van der Waals surface area contributed by atoms with Gasteiger partial charge in [0.25, 0.3) is 0 Å². The maximum atomic E-state index is 8.63. The van der Waals surface area contributed by atoms with Gasteiger partial charge in [-0.15, -0.1) is 0 Å². The molecule has 1 unspecified atom stereocenters. The zero-order chi connectivity index (χ0) is 10.6. The van der Waals surface area contributed by atoms with Crippen molar-refractivity contribution < 1.29 is 0 Å². The molecular weight excluding hydrogens is 172 g/mol. The Bertz CT molecular complexity index is 330. The molecule has 2 heteroatoms. The summed E-state index contributed by atoms with van der Waals surface area (Å²) in [6, 6.07) is 8.53. The first-order valence-electron chi connectivity index (χ1n) is 4.83. The molecule has 0 amide bonds. The van der Waals surface area contributed by atoms with E-state index in [1.165, 1.54) is 11.1 Å². The lowest BCUT2D eigenvalue weighted by molar-refractivity contribution is 0.786. The van der Waals surface area contributed by atoms with Crippen molar-refractivity contribution in [1.82, 2.24) is 0 Å². The fourth-order valence-corrected chi connectivity index (χ4v) is 1.39. The van der Waals surface area contributed by atoms with E-state index in [0.717, 1.165) is 5.69 Å². The molecule has 1 aromatic carbocycles. The third-order valence-electron chi connectivity index (χ3n) is 2.05. The Kier molecular flexibility index (Phi) is 3.53. The van der Waals surface area contributed by atoms with Crippen molar-refractivity contribution in [3.8, 4) is 6.07 Å². The SMILES string of the molecule is Cc1cc(C)cc(NCC(C)C#N)c1. The molecule has 1 atom stereocenters. The first kappa shape index (κ1) is 10.6. The van der Waals surface area contributed by atoms with Gasteiger partial charge in [0.05, 0.1) is 12.0 Å². The monoisotopic (exact) mass is 188 g/mol.